The molecule has 0 spiro atoms. The molecular formula is C42H86B3Cl3O6. The molecule has 3 heterocycles. The molecule has 0 atom stereocenters. The molecule has 3 aliphatic heterocycles. The fraction of sp³-hybridized carbons (Fsp3) is 0.857. The minimum Gasteiger partial charge on any atom is -0.400 e. The zero-order valence-corrected chi connectivity index (χ0v) is 37.9. The van der Waals surface area contributed by atoms with Crippen molar-refractivity contribution in [3.05, 3.63) is 22.6 Å². The average molecular weight is 826 g/mol. The lowest BCUT2D eigenvalue weighted by atomic mass is 9.75. The van der Waals surface area contributed by atoms with Gasteiger partial charge in [0.15, 0.2) is 0 Å². The average Bonchev–Trinajstić information content (AvgIpc) is 3.30. The largest absolute Gasteiger partial charge is 0.551 e. The summed E-state index contributed by atoms with van der Waals surface area (Å²) >= 11 is 15.8. The number of rotatable bonds is 2. The van der Waals surface area contributed by atoms with Crippen molar-refractivity contribution in [1.82, 2.24) is 0 Å². The van der Waals surface area contributed by atoms with E-state index in [2.05, 4.69) is 115 Å². The van der Waals surface area contributed by atoms with E-state index < -0.39 is 14.2 Å². The Morgan fingerprint density at radius 2 is 0.778 bits per heavy atom. The van der Waals surface area contributed by atoms with Gasteiger partial charge in [0.25, 0.3) is 0 Å². The molecule has 3 saturated heterocycles. The lowest BCUT2D eigenvalue weighted by Crippen LogP contribution is -2.41. The predicted octanol–water partition coefficient (Wildman–Crippen LogP) is 14.0. The molecule has 0 bridgehead atoms. The maximum absolute atomic E-state index is 6.24. The summed E-state index contributed by atoms with van der Waals surface area (Å²) in [5.41, 5.74) is -0.388. The lowest BCUT2D eigenvalue weighted by molar-refractivity contribution is 0.00578. The molecule has 3 fully saturated rings. The molecule has 320 valence electrons. The van der Waals surface area contributed by atoms with E-state index in [1.807, 2.05) is 61.5 Å². The predicted molar refractivity (Wildman–Crippen MR) is 246 cm³/mol. The van der Waals surface area contributed by atoms with Crippen LogP contribution in [0.2, 0.25) is 0 Å². The van der Waals surface area contributed by atoms with E-state index in [0.717, 1.165) is 5.47 Å². The molecule has 0 aromatic carbocycles. The van der Waals surface area contributed by atoms with Gasteiger partial charge in [-0.3, -0.25) is 0 Å². The summed E-state index contributed by atoms with van der Waals surface area (Å²) in [5.74, 6) is 6.18. The van der Waals surface area contributed by atoms with E-state index in [4.69, 9.17) is 62.7 Å². The van der Waals surface area contributed by atoms with Crippen molar-refractivity contribution in [2.24, 2.45) is 16.2 Å². The van der Waals surface area contributed by atoms with Crippen LogP contribution >= 0.6 is 34.8 Å². The number of alkyl halides is 2. The molecule has 0 aliphatic carbocycles. The molecule has 54 heavy (non-hydrogen) atoms. The quantitative estimate of drug-likeness (QED) is 0.157. The lowest BCUT2D eigenvalue weighted by Gasteiger charge is -2.32. The van der Waals surface area contributed by atoms with Gasteiger partial charge < -0.3 is 27.9 Å². The Labute approximate surface area is 354 Å². The highest BCUT2D eigenvalue weighted by Gasteiger charge is 2.53. The van der Waals surface area contributed by atoms with Crippen LogP contribution in [-0.4, -0.2) is 60.3 Å². The summed E-state index contributed by atoms with van der Waals surface area (Å²) in [5, 5.41) is 0.194. The number of hydrogen-bond donors (Lipinski definition) is 0. The van der Waals surface area contributed by atoms with E-state index in [1.165, 1.54) is 0 Å². The van der Waals surface area contributed by atoms with E-state index in [9.17, 15) is 0 Å². The summed E-state index contributed by atoms with van der Waals surface area (Å²) in [4.78, 5) is 0.631. The third-order valence-corrected chi connectivity index (χ3v) is 9.44. The second kappa shape index (κ2) is 22.3. The molecule has 0 aromatic heterocycles. The van der Waals surface area contributed by atoms with Crippen molar-refractivity contribution in [3.63, 3.8) is 0 Å². The first-order chi connectivity index (χ1) is 21.8. The van der Waals surface area contributed by atoms with Gasteiger partial charge in [-0.25, -0.2) is 0 Å². The van der Waals surface area contributed by atoms with E-state index in [0.29, 0.717) is 4.93 Å². The first kappa shape index (κ1) is 63.0. The smallest absolute Gasteiger partial charge is 0.400 e. The van der Waals surface area contributed by atoms with Crippen molar-refractivity contribution < 1.29 is 27.9 Å². The second-order valence-electron chi connectivity index (χ2n) is 19.5. The van der Waals surface area contributed by atoms with Crippen LogP contribution in [0.4, 0.5) is 0 Å². The molecule has 0 amide bonds. The Kier molecular flexibility index (Phi) is 26.0. The van der Waals surface area contributed by atoms with Gasteiger partial charge >= 0.3 is 21.4 Å². The van der Waals surface area contributed by atoms with E-state index in [1.54, 1.807) is 0 Å². The third-order valence-electron chi connectivity index (χ3n) is 9.15. The number of hydrogen-bond acceptors (Lipinski definition) is 6. The van der Waals surface area contributed by atoms with Gasteiger partial charge in [-0.05, 0) is 127 Å². The summed E-state index contributed by atoms with van der Waals surface area (Å²) in [6.45, 7) is 45.7. The first-order valence-electron chi connectivity index (χ1n) is 17.6. The zero-order chi connectivity index (χ0) is 40.2. The van der Waals surface area contributed by atoms with Gasteiger partial charge in [0.1, 0.15) is 0 Å². The molecule has 0 saturated carbocycles. The molecule has 0 aromatic rings. The van der Waals surface area contributed by atoms with Crippen molar-refractivity contribution in [1.29, 1.82) is 0 Å². The maximum Gasteiger partial charge on any atom is 0.551 e. The van der Waals surface area contributed by atoms with Crippen molar-refractivity contribution in [3.8, 4) is 11.7 Å². The Balaban J connectivity index is -0.000000207. The fourth-order valence-electron chi connectivity index (χ4n) is 4.39. The Morgan fingerprint density at radius 3 is 1.04 bits per heavy atom. The molecule has 3 rings (SSSR count). The highest BCUT2D eigenvalue weighted by atomic mass is 35.5. The fourth-order valence-corrected chi connectivity index (χ4v) is 4.81. The molecular weight excluding hydrogens is 739 g/mol. The van der Waals surface area contributed by atoms with Gasteiger partial charge in [0.05, 0.1) is 38.9 Å². The summed E-state index contributed by atoms with van der Waals surface area (Å²) < 4.78 is 35.2. The highest BCUT2D eigenvalue weighted by Crippen LogP contribution is 2.41. The van der Waals surface area contributed by atoms with Crippen LogP contribution in [0.15, 0.2) is 22.6 Å². The molecule has 6 nitrogen and oxygen atoms in total. The Hall–Kier alpha value is -0.135. The van der Waals surface area contributed by atoms with Gasteiger partial charge in [-0.2, -0.15) is 0 Å². The molecule has 3 aliphatic rings. The molecule has 12 heteroatoms. The van der Waals surface area contributed by atoms with E-state index >= 15 is 0 Å². The van der Waals surface area contributed by atoms with Crippen molar-refractivity contribution >= 4 is 56.2 Å². The van der Waals surface area contributed by atoms with Crippen molar-refractivity contribution in [2.45, 2.75) is 216 Å². The monoisotopic (exact) mass is 825 g/mol. The Morgan fingerprint density at radius 1 is 0.519 bits per heavy atom. The van der Waals surface area contributed by atoms with Gasteiger partial charge in [-0.1, -0.05) is 101 Å². The zero-order valence-electron chi connectivity index (χ0n) is 35.7. The minimum absolute atomic E-state index is 0. The van der Waals surface area contributed by atoms with Crippen LogP contribution in [0.25, 0.3) is 0 Å². The first-order valence-corrected chi connectivity index (χ1v) is 19.1. The van der Waals surface area contributed by atoms with Crippen LogP contribution in [0.5, 0.6) is 0 Å². The molecule has 0 radical (unpaired) electrons. The van der Waals surface area contributed by atoms with E-state index in [-0.39, 0.29) is 92.0 Å². The normalized spacial score (nSPS) is 21.7. The number of halogens is 3. The summed E-state index contributed by atoms with van der Waals surface area (Å²) in [7, 11) is -1.04. The topological polar surface area (TPSA) is 55.4 Å². The molecule has 0 N–H and O–H groups in total. The maximum atomic E-state index is 6.24. The van der Waals surface area contributed by atoms with Gasteiger partial charge in [-0.15, -0.1) is 29.1 Å². The standard InChI is InChI=1S/C13H25BO2.C12H22BClO2.C12H21BO2.CH2Cl2.4CH4/c1-10(9-11(2,3)4)14-15-12(5,6)13(7,8)16-14;1-10(2,3)8-9(14)13-15-11(4,5)12(6,7)16-13;1-10(2,3)8-9-13-14-11(4,5)12(6,7)15-13;2-1-3;;;;/h9H,1-8H3;8H,1-7H3;1-7H3;1H2;4*1H4/b10-9-;9-8+;;;;;;. The second-order valence-corrected chi connectivity index (χ2v) is 20.8. The van der Waals surface area contributed by atoms with Gasteiger partial charge in [0.2, 0.25) is 0 Å². The van der Waals surface area contributed by atoms with Crippen LogP contribution in [-0.2, 0) is 27.9 Å². The molecule has 0 unspecified atom stereocenters. The van der Waals surface area contributed by atoms with Crippen LogP contribution in [0.1, 0.15) is 182 Å². The number of allylic oxidation sites excluding steroid dienone is 3. The minimum atomic E-state index is -0.439. The van der Waals surface area contributed by atoms with Gasteiger partial charge in [0, 0.05) is 10.3 Å². The summed E-state index contributed by atoms with van der Waals surface area (Å²) in [6, 6.07) is 0. The van der Waals surface area contributed by atoms with Crippen LogP contribution < -0.4 is 0 Å². The highest BCUT2D eigenvalue weighted by molar-refractivity contribution is 6.69. The Bertz CT molecular complexity index is 1120. The van der Waals surface area contributed by atoms with Crippen molar-refractivity contribution in [2.75, 3.05) is 5.34 Å². The van der Waals surface area contributed by atoms with Crippen LogP contribution in [0.3, 0.4) is 0 Å². The van der Waals surface area contributed by atoms with Crippen LogP contribution in [0, 0.1) is 28.0 Å². The third kappa shape index (κ3) is 20.5. The summed E-state index contributed by atoms with van der Waals surface area (Å²) in [6.07, 6.45) is 4.20. The SMILES string of the molecule is C.C.C.C.C/C(=C/C(C)(C)C)B1OC(C)(C)C(C)(C)O1.CC(C)(C)/C=C(/Cl)B1OC(C)(C)C(C)(C)O1.CC(C)(C)C#CB1OC(C)(C)C(C)(C)O1.ClCCl.